The lowest BCUT2D eigenvalue weighted by Gasteiger charge is -2.27. The van der Waals surface area contributed by atoms with E-state index in [1.54, 1.807) is 0 Å². The molecule has 0 aliphatic carbocycles. The summed E-state index contributed by atoms with van der Waals surface area (Å²) in [7, 11) is 0. The fourth-order valence-electron chi connectivity index (χ4n) is 4.32. The van der Waals surface area contributed by atoms with Crippen LogP contribution in [-0.4, -0.2) is 58.0 Å². The topological polar surface area (TPSA) is 81.0 Å². The number of carboxylic acid groups (broad SMARTS) is 1. The lowest BCUT2D eigenvalue weighted by atomic mass is 10.0. The van der Waals surface area contributed by atoms with E-state index in [9.17, 15) is 15.0 Å². The van der Waals surface area contributed by atoms with Crippen LogP contribution in [0, 0.1) is 0 Å². The highest BCUT2D eigenvalue weighted by molar-refractivity contribution is 5.66. The summed E-state index contributed by atoms with van der Waals surface area (Å²) in [5.41, 5.74) is 0. The predicted molar refractivity (Wildman–Crippen MR) is 135 cm³/mol. The third kappa shape index (κ3) is 22.5. The molecule has 5 heteroatoms. The minimum Gasteiger partial charge on any atom is -0.481 e. The van der Waals surface area contributed by atoms with Crippen molar-refractivity contribution in [2.75, 3.05) is 19.6 Å². The van der Waals surface area contributed by atoms with Crippen molar-refractivity contribution >= 4 is 5.97 Å². The van der Waals surface area contributed by atoms with E-state index in [-0.39, 0.29) is 6.42 Å². The molecule has 32 heavy (non-hydrogen) atoms. The molecule has 2 atom stereocenters. The maximum Gasteiger partial charge on any atom is 0.304 e. The van der Waals surface area contributed by atoms with Gasteiger partial charge in [-0.1, -0.05) is 117 Å². The molecule has 0 spiro atoms. The maximum absolute atomic E-state index is 11.0. The minimum atomic E-state index is -0.829. The van der Waals surface area contributed by atoms with Crippen molar-refractivity contribution in [3.8, 4) is 0 Å². The van der Waals surface area contributed by atoms with Gasteiger partial charge in [0.1, 0.15) is 0 Å². The molecule has 0 amide bonds. The van der Waals surface area contributed by atoms with Crippen LogP contribution >= 0.6 is 0 Å². The summed E-state index contributed by atoms with van der Waals surface area (Å²) in [4.78, 5) is 12.9. The van der Waals surface area contributed by atoms with Crippen molar-refractivity contribution in [1.29, 1.82) is 0 Å². The molecule has 0 aromatic heterocycles. The fraction of sp³-hybridized carbons (Fsp3) is 0.963. The summed E-state index contributed by atoms with van der Waals surface area (Å²) in [6, 6.07) is 0. The van der Waals surface area contributed by atoms with E-state index in [1.807, 2.05) is 4.90 Å². The van der Waals surface area contributed by atoms with E-state index < -0.39 is 18.2 Å². The number of nitrogens with zero attached hydrogens (tertiary/aromatic N) is 1. The summed E-state index contributed by atoms with van der Waals surface area (Å²) in [5, 5.41) is 29.9. The molecule has 0 aliphatic heterocycles. The normalized spacial score (nSPS) is 13.5. The fourth-order valence-corrected chi connectivity index (χ4v) is 4.32. The number of unbranched alkanes of at least 4 members (excludes halogenated alkanes) is 14. The highest BCUT2D eigenvalue weighted by atomic mass is 16.4. The second kappa shape index (κ2) is 23.5. The van der Waals surface area contributed by atoms with Crippen molar-refractivity contribution in [1.82, 2.24) is 4.90 Å². The van der Waals surface area contributed by atoms with Crippen molar-refractivity contribution < 1.29 is 20.1 Å². The summed E-state index contributed by atoms with van der Waals surface area (Å²) >= 11 is 0. The Bertz CT molecular complexity index is 377. The van der Waals surface area contributed by atoms with Crippen LogP contribution in [0.3, 0.4) is 0 Å². The number of hydrogen-bond donors (Lipinski definition) is 3. The lowest BCUT2D eigenvalue weighted by Crippen LogP contribution is -2.39. The largest absolute Gasteiger partial charge is 0.481 e. The first-order chi connectivity index (χ1) is 15.5. The van der Waals surface area contributed by atoms with Crippen LogP contribution in [-0.2, 0) is 4.79 Å². The van der Waals surface area contributed by atoms with E-state index in [0.717, 1.165) is 38.5 Å². The number of carboxylic acids is 1. The standard InChI is InChI=1S/C27H55NO4/c1-3-5-7-9-11-13-15-17-19-25(29)23-28(22-21-27(31)32)24-26(30)20-18-16-14-12-10-8-6-4-2/h25-26,29-30H,3-24H2,1-2H3,(H,31,32). The van der Waals surface area contributed by atoms with Gasteiger partial charge < -0.3 is 15.3 Å². The van der Waals surface area contributed by atoms with E-state index in [1.165, 1.54) is 77.0 Å². The Kier molecular flexibility index (Phi) is 23.0. The molecule has 0 rings (SSSR count). The van der Waals surface area contributed by atoms with Crippen LogP contribution in [0.25, 0.3) is 0 Å². The molecule has 0 fully saturated rings. The number of rotatable bonds is 25. The van der Waals surface area contributed by atoms with E-state index >= 15 is 0 Å². The van der Waals surface area contributed by atoms with E-state index in [4.69, 9.17) is 5.11 Å². The Morgan fingerprint density at radius 3 is 1.31 bits per heavy atom. The summed E-state index contributed by atoms with van der Waals surface area (Å²) in [6.07, 6.45) is 20.5. The van der Waals surface area contributed by atoms with Crippen molar-refractivity contribution in [2.45, 2.75) is 148 Å². The molecule has 0 heterocycles. The Labute approximate surface area is 199 Å². The maximum atomic E-state index is 11.0. The molecule has 0 aromatic rings. The van der Waals surface area contributed by atoms with E-state index in [0.29, 0.717) is 19.6 Å². The van der Waals surface area contributed by atoms with Crippen molar-refractivity contribution in [3.05, 3.63) is 0 Å². The molecule has 0 aliphatic rings. The molecular formula is C27H55NO4. The quantitative estimate of drug-likeness (QED) is 0.135. The molecule has 0 bridgehead atoms. The van der Waals surface area contributed by atoms with Crippen LogP contribution in [0.2, 0.25) is 0 Å². The van der Waals surface area contributed by atoms with Gasteiger partial charge in [-0.25, -0.2) is 0 Å². The van der Waals surface area contributed by atoms with Gasteiger partial charge in [-0.2, -0.15) is 0 Å². The molecule has 3 N–H and O–H groups in total. The Morgan fingerprint density at radius 2 is 0.969 bits per heavy atom. The van der Waals surface area contributed by atoms with Gasteiger partial charge in [0.2, 0.25) is 0 Å². The van der Waals surface area contributed by atoms with Gasteiger partial charge in [0.25, 0.3) is 0 Å². The molecule has 5 nitrogen and oxygen atoms in total. The lowest BCUT2D eigenvalue weighted by molar-refractivity contribution is -0.137. The second-order valence-corrected chi connectivity index (χ2v) is 9.74. The Morgan fingerprint density at radius 1 is 0.625 bits per heavy atom. The highest BCUT2D eigenvalue weighted by Crippen LogP contribution is 2.13. The van der Waals surface area contributed by atoms with Gasteiger partial charge >= 0.3 is 5.97 Å². The van der Waals surface area contributed by atoms with Gasteiger partial charge in [-0.05, 0) is 12.8 Å². The highest BCUT2D eigenvalue weighted by Gasteiger charge is 2.16. The average Bonchev–Trinajstić information content (AvgIpc) is 2.75. The number of carbonyl (C=O) groups is 1. The summed E-state index contributed by atoms with van der Waals surface area (Å²) < 4.78 is 0. The van der Waals surface area contributed by atoms with Gasteiger partial charge in [0, 0.05) is 19.6 Å². The molecular weight excluding hydrogens is 402 g/mol. The van der Waals surface area contributed by atoms with Gasteiger partial charge in [0.15, 0.2) is 0 Å². The molecule has 0 saturated heterocycles. The molecule has 0 radical (unpaired) electrons. The van der Waals surface area contributed by atoms with Crippen LogP contribution in [0.4, 0.5) is 0 Å². The Hall–Kier alpha value is -0.650. The number of hydrogen-bond acceptors (Lipinski definition) is 4. The Balaban J connectivity index is 4.01. The van der Waals surface area contributed by atoms with Gasteiger partial charge in [-0.3, -0.25) is 9.69 Å². The average molecular weight is 458 g/mol. The van der Waals surface area contributed by atoms with Gasteiger partial charge in [0.05, 0.1) is 18.6 Å². The number of aliphatic hydroxyl groups is 2. The molecule has 0 aromatic carbocycles. The smallest absolute Gasteiger partial charge is 0.304 e. The monoisotopic (exact) mass is 457 g/mol. The number of aliphatic carboxylic acids is 1. The third-order valence-corrected chi connectivity index (χ3v) is 6.36. The number of aliphatic hydroxyl groups excluding tert-OH is 2. The first-order valence-corrected chi connectivity index (χ1v) is 13.8. The molecule has 0 saturated carbocycles. The first-order valence-electron chi connectivity index (χ1n) is 13.8. The minimum absolute atomic E-state index is 0.0506. The summed E-state index contributed by atoms with van der Waals surface area (Å²) in [6.45, 7) is 5.77. The summed E-state index contributed by atoms with van der Waals surface area (Å²) in [5.74, 6) is -0.829. The van der Waals surface area contributed by atoms with Crippen molar-refractivity contribution in [3.63, 3.8) is 0 Å². The van der Waals surface area contributed by atoms with Crippen LogP contribution in [0.1, 0.15) is 136 Å². The molecule has 192 valence electrons. The van der Waals surface area contributed by atoms with E-state index in [2.05, 4.69) is 13.8 Å². The first kappa shape index (κ1) is 31.4. The van der Waals surface area contributed by atoms with Crippen molar-refractivity contribution in [2.24, 2.45) is 0 Å². The zero-order valence-electron chi connectivity index (χ0n) is 21.4. The molecule has 2 unspecified atom stereocenters. The van der Waals surface area contributed by atoms with Gasteiger partial charge in [-0.15, -0.1) is 0 Å². The van der Waals surface area contributed by atoms with Crippen LogP contribution in [0.15, 0.2) is 0 Å². The van der Waals surface area contributed by atoms with Crippen LogP contribution in [0.5, 0.6) is 0 Å². The second-order valence-electron chi connectivity index (χ2n) is 9.74. The predicted octanol–water partition coefficient (Wildman–Crippen LogP) is 6.55. The zero-order chi connectivity index (χ0) is 23.9. The zero-order valence-corrected chi connectivity index (χ0v) is 21.4. The van der Waals surface area contributed by atoms with Crippen LogP contribution < -0.4 is 0 Å². The SMILES string of the molecule is CCCCCCCCCCC(O)CN(CCC(=O)O)CC(O)CCCCCCCCCC. The third-order valence-electron chi connectivity index (χ3n) is 6.36.